The van der Waals surface area contributed by atoms with Gasteiger partial charge in [-0.3, -0.25) is 4.99 Å². The largest absolute Gasteiger partial charge is 0.387 e. The fourth-order valence-electron chi connectivity index (χ4n) is 3.87. The molecule has 2 unspecified atom stereocenters. The van der Waals surface area contributed by atoms with Gasteiger partial charge in [0.1, 0.15) is 0 Å². The lowest BCUT2D eigenvalue weighted by Gasteiger charge is -2.25. The van der Waals surface area contributed by atoms with Crippen molar-refractivity contribution in [1.29, 1.82) is 0 Å². The third-order valence-electron chi connectivity index (χ3n) is 5.24. The summed E-state index contributed by atoms with van der Waals surface area (Å²) in [6.07, 6.45) is 4.88. The number of aliphatic imine (C=N–C) groups is 1. The molecule has 0 bridgehead atoms. The Bertz CT molecular complexity index is 411. The van der Waals surface area contributed by atoms with Crippen molar-refractivity contribution in [2.75, 3.05) is 57.3 Å². The van der Waals surface area contributed by atoms with Crippen LogP contribution in [0.15, 0.2) is 4.99 Å². The maximum Gasteiger partial charge on any atom is 0.194 e. The minimum absolute atomic E-state index is 0. The predicted molar refractivity (Wildman–Crippen MR) is 114 cm³/mol. The average molecular weight is 468 g/mol. The molecule has 2 N–H and O–H groups in total. The van der Waals surface area contributed by atoms with E-state index in [9.17, 15) is 5.11 Å². The molecule has 140 valence electrons. The molecule has 0 radical (unpaired) electrons. The summed E-state index contributed by atoms with van der Waals surface area (Å²) < 4.78 is 0. The number of halogens is 1. The van der Waals surface area contributed by atoms with Crippen molar-refractivity contribution in [3.63, 3.8) is 0 Å². The van der Waals surface area contributed by atoms with Gasteiger partial charge in [-0.1, -0.05) is 0 Å². The fraction of sp³-hybridized carbons (Fsp3) is 0.941. The van der Waals surface area contributed by atoms with Gasteiger partial charge in [0.25, 0.3) is 0 Å². The van der Waals surface area contributed by atoms with Gasteiger partial charge < -0.3 is 20.2 Å². The molecule has 3 heterocycles. The maximum atomic E-state index is 10.5. The van der Waals surface area contributed by atoms with E-state index in [0.717, 1.165) is 49.4 Å². The Morgan fingerprint density at radius 2 is 2.12 bits per heavy atom. The summed E-state index contributed by atoms with van der Waals surface area (Å²) in [5.74, 6) is 3.65. The smallest absolute Gasteiger partial charge is 0.194 e. The monoisotopic (exact) mass is 468 g/mol. The zero-order valence-electron chi connectivity index (χ0n) is 14.9. The summed E-state index contributed by atoms with van der Waals surface area (Å²) in [6, 6.07) is 0. The molecule has 5 nitrogen and oxygen atoms in total. The molecule has 0 aliphatic carbocycles. The number of aliphatic hydroxyl groups is 1. The predicted octanol–water partition coefficient (Wildman–Crippen LogP) is 1.86. The highest BCUT2D eigenvalue weighted by molar-refractivity contribution is 14.0. The van der Waals surface area contributed by atoms with Gasteiger partial charge in [0, 0.05) is 31.9 Å². The number of rotatable bonds is 5. The number of likely N-dealkylation sites (tertiary alicyclic amines) is 2. The molecule has 7 heteroatoms. The summed E-state index contributed by atoms with van der Waals surface area (Å²) in [4.78, 5) is 9.79. The second kappa shape index (κ2) is 9.83. The van der Waals surface area contributed by atoms with E-state index in [1.807, 2.05) is 11.8 Å². The minimum atomic E-state index is -0.583. The Kier molecular flexibility index (Phi) is 8.43. The van der Waals surface area contributed by atoms with E-state index >= 15 is 0 Å². The van der Waals surface area contributed by atoms with Crippen molar-refractivity contribution < 1.29 is 5.11 Å². The molecule has 0 spiro atoms. The van der Waals surface area contributed by atoms with Crippen LogP contribution >= 0.6 is 35.7 Å². The second-order valence-electron chi connectivity index (χ2n) is 7.31. The number of hydrogen-bond acceptors (Lipinski definition) is 4. The molecule has 0 aromatic rings. The summed E-state index contributed by atoms with van der Waals surface area (Å²) in [6.45, 7) is 9.57. The van der Waals surface area contributed by atoms with E-state index < -0.39 is 5.60 Å². The highest BCUT2D eigenvalue weighted by Crippen LogP contribution is 2.28. The van der Waals surface area contributed by atoms with Crippen molar-refractivity contribution in [2.24, 2.45) is 10.9 Å². The van der Waals surface area contributed by atoms with Crippen LogP contribution in [0.5, 0.6) is 0 Å². The van der Waals surface area contributed by atoms with Gasteiger partial charge in [-0.2, -0.15) is 11.8 Å². The molecule has 0 saturated carbocycles. The van der Waals surface area contributed by atoms with E-state index in [0.29, 0.717) is 6.54 Å². The maximum absolute atomic E-state index is 10.5. The van der Waals surface area contributed by atoms with Crippen LogP contribution in [0.2, 0.25) is 0 Å². The Morgan fingerprint density at radius 3 is 2.79 bits per heavy atom. The number of guanidine groups is 1. The zero-order chi connectivity index (χ0) is 16.1. The van der Waals surface area contributed by atoms with Gasteiger partial charge in [-0.25, -0.2) is 0 Å². The first kappa shape index (κ1) is 20.6. The second-order valence-corrected chi connectivity index (χ2v) is 8.41. The van der Waals surface area contributed by atoms with E-state index in [2.05, 4.69) is 22.0 Å². The van der Waals surface area contributed by atoms with Crippen LogP contribution in [-0.4, -0.2) is 83.8 Å². The summed E-state index contributed by atoms with van der Waals surface area (Å²) in [7, 11) is 0. The molecule has 3 aliphatic heterocycles. The molecule has 0 amide bonds. The van der Waals surface area contributed by atoms with Crippen LogP contribution in [0.1, 0.15) is 32.6 Å². The zero-order valence-corrected chi connectivity index (χ0v) is 18.0. The minimum Gasteiger partial charge on any atom is -0.387 e. The first-order chi connectivity index (χ1) is 11.2. The van der Waals surface area contributed by atoms with Crippen molar-refractivity contribution in [2.45, 2.75) is 38.2 Å². The lowest BCUT2D eigenvalue weighted by Crippen LogP contribution is -2.42. The molecule has 3 saturated heterocycles. The van der Waals surface area contributed by atoms with Crippen LogP contribution in [0, 0.1) is 5.92 Å². The SMILES string of the molecule is CCNC(=NCC1(O)CCSC1)N1CCC(CN2CCCC2)C1.I. The highest BCUT2D eigenvalue weighted by atomic mass is 127. The van der Waals surface area contributed by atoms with Crippen molar-refractivity contribution in [3.05, 3.63) is 0 Å². The van der Waals surface area contributed by atoms with Crippen LogP contribution < -0.4 is 5.32 Å². The summed E-state index contributed by atoms with van der Waals surface area (Å²) in [5, 5.41) is 13.9. The van der Waals surface area contributed by atoms with E-state index in [1.165, 1.54) is 38.9 Å². The van der Waals surface area contributed by atoms with Crippen LogP contribution in [0.3, 0.4) is 0 Å². The van der Waals surface area contributed by atoms with Gasteiger partial charge in [0.15, 0.2) is 5.96 Å². The quantitative estimate of drug-likeness (QED) is 0.367. The molecule has 3 fully saturated rings. The van der Waals surface area contributed by atoms with Crippen LogP contribution in [0.25, 0.3) is 0 Å². The van der Waals surface area contributed by atoms with Crippen molar-refractivity contribution in [1.82, 2.24) is 15.1 Å². The first-order valence-corrected chi connectivity index (χ1v) is 10.4. The third kappa shape index (κ3) is 5.64. The van der Waals surface area contributed by atoms with E-state index in [1.54, 1.807) is 0 Å². The topological polar surface area (TPSA) is 51.1 Å². The number of nitrogens with zero attached hydrogens (tertiary/aromatic N) is 3. The fourth-order valence-corrected chi connectivity index (χ4v) is 5.16. The number of hydrogen-bond donors (Lipinski definition) is 2. The molecule has 24 heavy (non-hydrogen) atoms. The average Bonchev–Trinajstić information content (AvgIpc) is 3.27. The molecule has 3 rings (SSSR count). The molecular weight excluding hydrogens is 435 g/mol. The van der Waals surface area contributed by atoms with E-state index in [-0.39, 0.29) is 24.0 Å². The first-order valence-electron chi connectivity index (χ1n) is 9.24. The van der Waals surface area contributed by atoms with Gasteiger partial charge >= 0.3 is 0 Å². The van der Waals surface area contributed by atoms with Crippen molar-refractivity contribution >= 4 is 41.7 Å². The number of nitrogens with one attached hydrogen (secondary N) is 1. The summed E-state index contributed by atoms with van der Waals surface area (Å²) >= 11 is 1.84. The Balaban J connectivity index is 0.00000208. The standard InChI is InChI=1S/C17H32N4OS.HI/c1-2-18-16(19-13-17(22)6-10-23-14-17)21-9-5-15(12-21)11-20-7-3-4-8-20;/h15,22H,2-14H2,1H3,(H,18,19);1H. The normalized spacial score (nSPS) is 31.5. The lowest BCUT2D eigenvalue weighted by molar-refractivity contribution is 0.0776. The molecular formula is C17H33IN4OS. The van der Waals surface area contributed by atoms with Crippen molar-refractivity contribution in [3.8, 4) is 0 Å². The molecule has 0 aromatic heterocycles. The van der Waals surface area contributed by atoms with Gasteiger partial charge in [0.2, 0.25) is 0 Å². The highest BCUT2D eigenvalue weighted by Gasteiger charge is 2.32. The number of thioether (sulfide) groups is 1. The molecule has 2 atom stereocenters. The Morgan fingerprint density at radius 1 is 1.33 bits per heavy atom. The molecule has 3 aliphatic rings. The third-order valence-corrected chi connectivity index (χ3v) is 6.48. The van der Waals surface area contributed by atoms with E-state index in [4.69, 9.17) is 4.99 Å². The van der Waals surface area contributed by atoms with Gasteiger partial charge in [-0.15, -0.1) is 24.0 Å². The van der Waals surface area contributed by atoms with Crippen LogP contribution in [0.4, 0.5) is 0 Å². The Labute approximate surface area is 168 Å². The Hall–Kier alpha value is 0.270. The van der Waals surface area contributed by atoms with Gasteiger partial charge in [-0.05, 0) is 57.4 Å². The van der Waals surface area contributed by atoms with Crippen LogP contribution in [-0.2, 0) is 0 Å². The van der Waals surface area contributed by atoms with Gasteiger partial charge in [0.05, 0.1) is 12.1 Å². The lowest BCUT2D eigenvalue weighted by atomic mass is 10.1. The molecule has 0 aromatic carbocycles. The summed E-state index contributed by atoms with van der Waals surface area (Å²) in [5.41, 5.74) is -0.583.